The van der Waals surface area contributed by atoms with E-state index in [4.69, 9.17) is 0 Å². The predicted molar refractivity (Wildman–Crippen MR) is 94.8 cm³/mol. The molecule has 0 aliphatic carbocycles. The largest absolute Gasteiger partial charge is 0.353 e. The second-order valence-corrected chi connectivity index (χ2v) is 9.80. The minimum absolute atomic E-state index is 0.0619. The maximum Gasteiger partial charge on any atom is 0.233 e. The van der Waals surface area contributed by atoms with Crippen molar-refractivity contribution >= 4 is 27.5 Å². The Hall–Kier alpha value is -1.35. The van der Waals surface area contributed by atoms with Crippen molar-refractivity contribution in [1.29, 1.82) is 0 Å². The van der Waals surface area contributed by atoms with E-state index in [0.717, 1.165) is 0 Å². The maximum absolute atomic E-state index is 12.1. The molecule has 1 aliphatic rings. The zero-order chi connectivity index (χ0) is 17.9. The first-order chi connectivity index (χ1) is 11.2. The Labute approximate surface area is 147 Å². The molecule has 0 radical (unpaired) electrons. The van der Waals surface area contributed by atoms with Gasteiger partial charge in [-0.25, -0.2) is 8.42 Å². The molecule has 2 atom stereocenters. The molecule has 24 heavy (non-hydrogen) atoms. The molecule has 9 heteroatoms. The van der Waals surface area contributed by atoms with Gasteiger partial charge in [0.1, 0.15) is 5.82 Å². The van der Waals surface area contributed by atoms with Crippen LogP contribution in [0.4, 0.5) is 0 Å². The number of hydrogen-bond acceptors (Lipinski definition) is 6. The number of carbonyl (C=O) groups excluding carboxylic acids is 1. The smallest absolute Gasteiger partial charge is 0.233 e. The Kier molecular flexibility index (Phi) is 6.08. The summed E-state index contributed by atoms with van der Waals surface area (Å²) in [6, 6.07) is 0.0749. The highest BCUT2D eigenvalue weighted by atomic mass is 32.2. The molecule has 2 rings (SSSR count). The van der Waals surface area contributed by atoms with Gasteiger partial charge in [-0.05, 0) is 27.2 Å². The summed E-state index contributed by atoms with van der Waals surface area (Å²) < 4.78 is 25.3. The Morgan fingerprint density at radius 2 is 2.17 bits per heavy atom. The Morgan fingerprint density at radius 3 is 2.71 bits per heavy atom. The van der Waals surface area contributed by atoms with Crippen molar-refractivity contribution in [2.24, 2.45) is 0 Å². The summed E-state index contributed by atoms with van der Waals surface area (Å²) in [7, 11) is -2.99. The minimum atomic E-state index is -2.99. The van der Waals surface area contributed by atoms with Gasteiger partial charge >= 0.3 is 0 Å². The van der Waals surface area contributed by atoms with Crippen LogP contribution < -0.4 is 5.32 Å². The first-order valence-electron chi connectivity index (χ1n) is 7.95. The second kappa shape index (κ2) is 7.69. The predicted octanol–water partition coefficient (Wildman–Crippen LogP) is 1.37. The van der Waals surface area contributed by atoms with Gasteiger partial charge in [0, 0.05) is 18.5 Å². The van der Waals surface area contributed by atoms with E-state index in [-0.39, 0.29) is 34.6 Å². The lowest BCUT2D eigenvalue weighted by Crippen LogP contribution is -2.36. The lowest BCUT2D eigenvalue weighted by atomic mass is 10.1. The number of sulfone groups is 1. The number of amides is 1. The third kappa shape index (κ3) is 4.60. The molecular weight excluding hydrogens is 348 g/mol. The molecule has 0 unspecified atom stereocenters. The summed E-state index contributed by atoms with van der Waals surface area (Å²) in [5.74, 6) is 0.754. The molecule has 1 amide bonds. The molecule has 0 bridgehead atoms. The first-order valence-corrected chi connectivity index (χ1v) is 10.6. The van der Waals surface area contributed by atoms with Crippen LogP contribution in [0.3, 0.4) is 0 Å². The fraction of sp³-hybridized carbons (Fsp3) is 0.667. The number of hydrogen-bond donors (Lipinski definition) is 1. The van der Waals surface area contributed by atoms with E-state index >= 15 is 0 Å². The van der Waals surface area contributed by atoms with Gasteiger partial charge in [0.15, 0.2) is 15.0 Å². The number of nitrogens with zero attached hydrogens (tertiary/aromatic N) is 3. The van der Waals surface area contributed by atoms with Crippen molar-refractivity contribution in [1.82, 2.24) is 20.1 Å². The highest BCUT2D eigenvalue weighted by Crippen LogP contribution is 2.31. The fourth-order valence-electron chi connectivity index (χ4n) is 2.60. The van der Waals surface area contributed by atoms with Gasteiger partial charge in [0.25, 0.3) is 0 Å². The highest BCUT2D eigenvalue weighted by Gasteiger charge is 2.33. The van der Waals surface area contributed by atoms with Crippen LogP contribution in [0.2, 0.25) is 0 Å². The minimum Gasteiger partial charge on any atom is -0.353 e. The Balaban J connectivity index is 2.19. The van der Waals surface area contributed by atoms with Crippen molar-refractivity contribution in [3.8, 4) is 0 Å². The van der Waals surface area contributed by atoms with E-state index in [9.17, 15) is 13.2 Å². The van der Waals surface area contributed by atoms with E-state index in [1.807, 2.05) is 25.3 Å². The van der Waals surface area contributed by atoms with Crippen LogP contribution in [0.25, 0.3) is 0 Å². The summed E-state index contributed by atoms with van der Waals surface area (Å²) in [6.45, 7) is 9.87. The third-order valence-corrected chi connectivity index (χ3v) is 6.59. The van der Waals surface area contributed by atoms with E-state index in [1.54, 1.807) is 6.08 Å². The molecule has 1 saturated heterocycles. The van der Waals surface area contributed by atoms with E-state index in [0.29, 0.717) is 23.9 Å². The number of allylic oxidation sites excluding steroid dienone is 1. The molecule has 0 spiro atoms. The van der Waals surface area contributed by atoms with Crippen molar-refractivity contribution in [3.63, 3.8) is 0 Å². The maximum atomic E-state index is 12.1. The first kappa shape index (κ1) is 19.0. The molecule has 1 N–H and O–H groups in total. The SMILES string of the molecule is C=CCn1c(S[C@H](C)C(=O)NC(C)C)nnc1[C@@H]1CCS(=O)(=O)C1. The molecular formula is C15H24N4O3S2. The van der Waals surface area contributed by atoms with Crippen LogP contribution in [0.15, 0.2) is 17.8 Å². The van der Waals surface area contributed by atoms with Crippen LogP contribution in [0, 0.1) is 0 Å². The van der Waals surface area contributed by atoms with Crippen molar-refractivity contribution in [3.05, 3.63) is 18.5 Å². The summed E-state index contributed by atoms with van der Waals surface area (Å²) in [4.78, 5) is 12.1. The standard InChI is InChI=1S/C15H24N4O3S2/c1-5-7-19-13(12-6-8-24(21,22)9-12)17-18-15(19)23-11(4)14(20)16-10(2)3/h5,10-12H,1,6-9H2,2-4H3,(H,16,20)/t11-,12-/m1/s1. The molecule has 7 nitrogen and oxygen atoms in total. The van der Waals surface area contributed by atoms with Gasteiger partial charge in [0.05, 0.1) is 16.8 Å². The Morgan fingerprint density at radius 1 is 1.46 bits per heavy atom. The summed E-state index contributed by atoms with van der Waals surface area (Å²) >= 11 is 1.32. The van der Waals surface area contributed by atoms with Gasteiger partial charge in [-0.2, -0.15) is 0 Å². The van der Waals surface area contributed by atoms with Gasteiger partial charge in [0.2, 0.25) is 5.91 Å². The summed E-state index contributed by atoms with van der Waals surface area (Å²) in [6.07, 6.45) is 2.28. The monoisotopic (exact) mass is 372 g/mol. The topological polar surface area (TPSA) is 93.9 Å². The van der Waals surface area contributed by atoms with E-state index < -0.39 is 9.84 Å². The zero-order valence-electron chi connectivity index (χ0n) is 14.2. The molecule has 1 aromatic heterocycles. The molecule has 1 fully saturated rings. The lowest BCUT2D eigenvalue weighted by Gasteiger charge is -2.15. The molecule has 2 heterocycles. The van der Waals surface area contributed by atoms with Gasteiger partial charge in [-0.1, -0.05) is 17.8 Å². The normalized spacial score (nSPS) is 20.9. The van der Waals surface area contributed by atoms with E-state index in [1.165, 1.54) is 11.8 Å². The Bertz CT molecular complexity index is 712. The number of rotatable bonds is 7. The van der Waals surface area contributed by atoms with Gasteiger partial charge in [-0.15, -0.1) is 16.8 Å². The molecule has 1 aromatic rings. The van der Waals surface area contributed by atoms with Gasteiger partial charge in [-0.3, -0.25) is 4.79 Å². The van der Waals surface area contributed by atoms with Crippen LogP contribution in [0.5, 0.6) is 0 Å². The van der Waals surface area contributed by atoms with Crippen molar-refractivity contribution in [2.75, 3.05) is 11.5 Å². The highest BCUT2D eigenvalue weighted by molar-refractivity contribution is 8.00. The van der Waals surface area contributed by atoms with Crippen molar-refractivity contribution < 1.29 is 13.2 Å². The van der Waals surface area contributed by atoms with E-state index in [2.05, 4.69) is 22.1 Å². The van der Waals surface area contributed by atoms with Crippen molar-refractivity contribution in [2.45, 2.75) is 56.1 Å². The van der Waals surface area contributed by atoms with Gasteiger partial charge < -0.3 is 9.88 Å². The number of nitrogens with one attached hydrogen (secondary N) is 1. The molecule has 1 aliphatic heterocycles. The second-order valence-electron chi connectivity index (χ2n) is 6.26. The number of thioether (sulfide) groups is 1. The summed E-state index contributed by atoms with van der Waals surface area (Å²) in [5, 5.41) is 11.5. The number of aromatic nitrogens is 3. The zero-order valence-corrected chi connectivity index (χ0v) is 15.9. The van der Waals surface area contributed by atoms with Crippen LogP contribution in [-0.2, 0) is 21.2 Å². The summed E-state index contributed by atoms with van der Waals surface area (Å²) in [5.41, 5.74) is 0. The number of carbonyl (C=O) groups is 1. The average Bonchev–Trinajstić information content (AvgIpc) is 3.02. The molecule has 134 valence electrons. The van der Waals surface area contributed by atoms with Crippen LogP contribution in [-0.4, -0.2) is 51.9 Å². The lowest BCUT2D eigenvalue weighted by molar-refractivity contribution is -0.120. The average molecular weight is 373 g/mol. The quantitative estimate of drug-likeness (QED) is 0.574. The molecule has 0 saturated carbocycles. The third-order valence-electron chi connectivity index (χ3n) is 3.74. The molecule has 0 aromatic carbocycles. The van der Waals surface area contributed by atoms with Crippen LogP contribution in [0.1, 0.15) is 38.9 Å². The fourth-order valence-corrected chi connectivity index (χ4v) is 5.22. The van der Waals surface area contributed by atoms with Crippen LogP contribution >= 0.6 is 11.8 Å².